The molecule has 0 unspecified atom stereocenters. The number of hydrogen-bond donors (Lipinski definition) is 1. The van der Waals surface area contributed by atoms with Crippen molar-refractivity contribution in [3.63, 3.8) is 0 Å². The van der Waals surface area contributed by atoms with Gasteiger partial charge in [0.2, 0.25) is 0 Å². The van der Waals surface area contributed by atoms with Crippen molar-refractivity contribution in [2.45, 2.75) is 18.6 Å². The van der Waals surface area contributed by atoms with E-state index in [2.05, 4.69) is 33.4 Å². The zero-order valence-electron chi connectivity index (χ0n) is 16.7. The second kappa shape index (κ2) is 8.32. The molecule has 4 aromatic rings. The van der Waals surface area contributed by atoms with Gasteiger partial charge in [-0.1, -0.05) is 42.5 Å². The van der Waals surface area contributed by atoms with Gasteiger partial charge in [-0.25, -0.2) is 4.39 Å². The maximum Gasteiger partial charge on any atom is 0.170 e. The Bertz CT molecular complexity index is 1190. The van der Waals surface area contributed by atoms with Gasteiger partial charge in [-0.05, 0) is 60.2 Å². The first kappa shape index (κ1) is 19.5. The Morgan fingerprint density at radius 1 is 0.935 bits per heavy atom. The third-order valence-electron chi connectivity index (χ3n) is 5.56. The minimum atomic E-state index is -0.264. The largest absolute Gasteiger partial charge is 0.352 e. The Morgan fingerprint density at radius 3 is 2.55 bits per heavy atom. The molecular formula is C25H21FN4S. The third-order valence-corrected chi connectivity index (χ3v) is 5.92. The quantitative estimate of drug-likeness (QED) is 0.444. The van der Waals surface area contributed by atoms with E-state index in [1.807, 2.05) is 59.3 Å². The van der Waals surface area contributed by atoms with Crippen molar-refractivity contribution in [2.24, 2.45) is 0 Å². The van der Waals surface area contributed by atoms with Crippen molar-refractivity contribution in [3.05, 3.63) is 120 Å². The van der Waals surface area contributed by atoms with Crippen molar-refractivity contribution in [1.82, 2.24) is 19.8 Å². The Hall–Kier alpha value is -3.51. The van der Waals surface area contributed by atoms with Crippen LogP contribution in [0.3, 0.4) is 0 Å². The predicted octanol–water partition coefficient (Wildman–Crippen LogP) is 5.18. The Balaban J connectivity index is 1.61. The fourth-order valence-corrected chi connectivity index (χ4v) is 4.48. The van der Waals surface area contributed by atoms with E-state index in [0.717, 1.165) is 17.1 Å². The number of nitrogens with zero attached hydrogens (tertiary/aromatic N) is 3. The number of pyridine rings is 1. The van der Waals surface area contributed by atoms with Crippen LogP contribution in [0.25, 0.3) is 5.69 Å². The molecule has 154 valence electrons. The standard InChI is InChI=1S/C25H21FN4S/c26-19-10-6-11-20(16-19)29-15-7-13-22(29)24-23(21-12-4-5-14-27-21)28-25(31)30(24)17-18-8-2-1-3-9-18/h1-16,23-24H,17H2,(H,28,31)/t23-,24+/m1/s1. The summed E-state index contributed by atoms with van der Waals surface area (Å²) in [7, 11) is 0. The molecule has 0 spiro atoms. The zero-order chi connectivity index (χ0) is 21.2. The lowest BCUT2D eigenvalue weighted by molar-refractivity contribution is 0.302. The highest BCUT2D eigenvalue weighted by atomic mass is 32.1. The van der Waals surface area contributed by atoms with Gasteiger partial charge in [0.25, 0.3) is 0 Å². The Morgan fingerprint density at radius 2 is 1.77 bits per heavy atom. The van der Waals surface area contributed by atoms with Crippen LogP contribution in [0.4, 0.5) is 4.39 Å². The van der Waals surface area contributed by atoms with E-state index < -0.39 is 0 Å². The van der Waals surface area contributed by atoms with Crippen LogP contribution in [0.5, 0.6) is 0 Å². The van der Waals surface area contributed by atoms with Crippen LogP contribution in [0, 0.1) is 5.82 Å². The second-order valence-electron chi connectivity index (χ2n) is 7.52. The zero-order valence-corrected chi connectivity index (χ0v) is 17.5. The minimum Gasteiger partial charge on any atom is -0.352 e. The molecule has 4 nitrogen and oxygen atoms in total. The molecule has 31 heavy (non-hydrogen) atoms. The van der Waals surface area contributed by atoms with Crippen molar-refractivity contribution in [1.29, 1.82) is 0 Å². The molecule has 5 rings (SSSR count). The summed E-state index contributed by atoms with van der Waals surface area (Å²) in [6.07, 6.45) is 3.75. The molecule has 0 amide bonds. The number of nitrogens with one attached hydrogen (secondary N) is 1. The summed E-state index contributed by atoms with van der Waals surface area (Å²) in [5, 5.41) is 4.15. The van der Waals surface area contributed by atoms with Crippen molar-refractivity contribution < 1.29 is 4.39 Å². The molecule has 1 fully saturated rings. The SMILES string of the molecule is Fc1cccc(-n2cccc2[C@H]2[C@@H](c3ccccn3)NC(=S)N2Cc2ccccc2)c1. The van der Waals surface area contributed by atoms with Crippen LogP contribution in [0.15, 0.2) is 97.3 Å². The lowest BCUT2D eigenvalue weighted by atomic mass is 10.0. The van der Waals surface area contributed by atoms with E-state index in [0.29, 0.717) is 11.7 Å². The number of halogens is 1. The summed E-state index contributed by atoms with van der Waals surface area (Å²) in [6, 6.07) is 26.6. The van der Waals surface area contributed by atoms with E-state index in [4.69, 9.17) is 12.2 Å². The number of hydrogen-bond acceptors (Lipinski definition) is 2. The molecule has 2 atom stereocenters. The maximum atomic E-state index is 14.0. The summed E-state index contributed by atoms with van der Waals surface area (Å²) in [6.45, 7) is 0.662. The van der Waals surface area contributed by atoms with Crippen LogP contribution >= 0.6 is 12.2 Å². The van der Waals surface area contributed by atoms with E-state index in [-0.39, 0.29) is 17.9 Å². The number of rotatable bonds is 5. The van der Waals surface area contributed by atoms with Gasteiger partial charge in [0, 0.05) is 30.3 Å². The highest BCUT2D eigenvalue weighted by Gasteiger charge is 2.41. The number of aromatic nitrogens is 2. The van der Waals surface area contributed by atoms with Gasteiger partial charge in [0.15, 0.2) is 5.11 Å². The van der Waals surface area contributed by atoms with Crippen LogP contribution in [-0.2, 0) is 6.54 Å². The molecule has 2 aromatic heterocycles. The molecule has 0 saturated carbocycles. The summed E-state index contributed by atoms with van der Waals surface area (Å²) >= 11 is 5.77. The van der Waals surface area contributed by atoms with Gasteiger partial charge in [-0.15, -0.1) is 0 Å². The molecule has 1 aliphatic rings. The topological polar surface area (TPSA) is 33.1 Å². The molecule has 3 heterocycles. The van der Waals surface area contributed by atoms with E-state index in [1.165, 1.54) is 11.6 Å². The predicted molar refractivity (Wildman–Crippen MR) is 123 cm³/mol. The molecular weight excluding hydrogens is 407 g/mol. The first-order chi connectivity index (χ1) is 15.2. The third kappa shape index (κ3) is 3.82. The van der Waals surface area contributed by atoms with E-state index in [9.17, 15) is 4.39 Å². The molecule has 0 bridgehead atoms. The normalized spacial score (nSPS) is 18.2. The highest BCUT2D eigenvalue weighted by Crippen LogP contribution is 2.40. The van der Waals surface area contributed by atoms with Gasteiger partial charge in [0.1, 0.15) is 5.82 Å². The van der Waals surface area contributed by atoms with Crippen molar-refractivity contribution >= 4 is 17.3 Å². The number of benzene rings is 2. The number of thiocarbonyl (C=S) groups is 1. The molecule has 2 aromatic carbocycles. The van der Waals surface area contributed by atoms with Gasteiger partial charge in [-0.3, -0.25) is 4.98 Å². The van der Waals surface area contributed by atoms with Crippen LogP contribution in [0.2, 0.25) is 0 Å². The minimum absolute atomic E-state index is 0.110. The fraction of sp³-hybridized carbons (Fsp3) is 0.120. The average Bonchev–Trinajstić information content (AvgIpc) is 3.40. The smallest absolute Gasteiger partial charge is 0.170 e. The van der Waals surface area contributed by atoms with Crippen LogP contribution in [-0.4, -0.2) is 19.6 Å². The molecule has 6 heteroatoms. The first-order valence-corrected chi connectivity index (χ1v) is 10.6. The van der Waals surface area contributed by atoms with Gasteiger partial charge < -0.3 is 14.8 Å². The van der Waals surface area contributed by atoms with Crippen molar-refractivity contribution in [3.8, 4) is 5.69 Å². The first-order valence-electron chi connectivity index (χ1n) is 10.2. The van der Waals surface area contributed by atoms with E-state index >= 15 is 0 Å². The van der Waals surface area contributed by atoms with E-state index in [1.54, 1.807) is 18.3 Å². The summed E-state index contributed by atoms with van der Waals surface area (Å²) < 4.78 is 16.0. The molecule has 1 aliphatic heterocycles. The van der Waals surface area contributed by atoms with Crippen molar-refractivity contribution in [2.75, 3.05) is 0 Å². The summed E-state index contributed by atoms with van der Waals surface area (Å²) in [5.41, 5.74) is 3.88. The molecule has 0 aliphatic carbocycles. The monoisotopic (exact) mass is 428 g/mol. The Labute approximate surface area is 186 Å². The lowest BCUT2D eigenvalue weighted by Gasteiger charge is -2.29. The van der Waals surface area contributed by atoms with Crippen LogP contribution < -0.4 is 5.32 Å². The molecule has 1 saturated heterocycles. The van der Waals surface area contributed by atoms with Gasteiger partial charge in [-0.2, -0.15) is 0 Å². The second-order valence-corrected chi connectivity index (χ2v) is 7.91. The maximum absolute atomic E-state index is 14.0. The molecule has 0 radical (unpaired) electrons. The molecule has 1 N–H and O–H groups in total. The lowest BCUT2D eigenvalue weighted by Crippen LogP contribution is -2.30. The average molecular weight is 429 g/mol. The van der Waals surface area contributed by atoms with Gasteiger partial charge in [0.05, 0.1) is 17.8 Å². The summed E-state index contributed by atoms with van der Waals surface area (Å²) in [5.74, 6) is -0.264. The van der Waals surface area contributed by atoms with Crippen LogP contribution in [0.1, 0.15) is 29.0 Å². The summed E-state index contributed by atoms with van der Waals surface area (Å²) in [4.78, 5) is 6.78. The fourth-order valence-electron chi connectivity index (χ4n) is 4.17. The highest BCUT2D eigenvalue weighted by molar-refractivity contribution is 7.80. The van der Waals surface area contributed by atoms with Gasteiger partial charge >= 0.3 is 0 Å². The Kier molecular flexibility index (Phi) is 5.22.